The van der Waals surface area contributed by atoms with Gasteiger partial charge in [0, 0.05) is 94.4 Å². The molecule has 472 valence electrons. The summed E-state index contributed by atoms with van der Waals surface area (Å²) < 4.78 is 65.4. The third-order valence-corrected chi connectivity index (χ3v) is 17.9. The first-order valence-electron chi connectivity index (χ1n) is 29.8. The number of aliphatic hydroxyl groups excluding tert-OH is 3. The minimum absolute atomic E-state index is 0.0842. The summed E-state index contributed by atoms with van der Waals surface area (Å²) >= 11 is 0. The molecule has 4 aliphatic heterocycles. The Morgan fingerprint density at radius 2 is 1.60 bits per heavy atom. The van der Waals surface area contributed by atoms with Crippen LogP contribution >= 0.6 is 0 Å². The number of benzene rings is 1. The standard InChI is InChI=1S/C61H102FN7O14/c1-17-48-61(10,75)54(71)40(6)68(14)34-36(2)30-59(8,74)56(38(4)52(39(5)57(73)81-48)82-50-31-60(9,77-16)55(72)41(7)80-50)83-58-51(70)46(29-37(3)79-58)67(13)27-25-45-35-69(65-64-45)47(32-62)53(76-15)43-21-19-42(20-22-43)44-23-24-49(63-33-44)78-28-18-26-66(11)12/h19-24,33,35-41,46-48,50-56,58,64-65,70-72,74-75H,17-18,25-32,34H2,1-16H3/t36-,37-,38+,39-,40-,41+,46+,47-,48-,50+,51-,52+,53-,54-,55+,56-,58+,59-,60-,61-/m1/s1. The molecule has 0 amide bonds. The number of pyridine rings is 1. The van der Waals surface area contributed by atoms with Gasteiger partial charge in [0.15, 0.2) is 12.6 Å². The number of carbonyl (C=O) groups excluding carboxylic acids is 1. The van der Waals surface area contributed by atoms with Crippen molar-refractivity contribution in [2.45, 2.75) is 210 Å². The quantitative estimate of drug-likeness (QED) is 0.0647. The zero-order chi connectivity index (χ0) is 61.3. The SMILES string of the molecule is CC[C@H]1OC(=O)[C@H](C)[C@@H](O[C@H]2C[C@@](C)(OC)[C@@H](O)[C@H](C)O2)[C@H](C)[C@@H](O[C@@H]2O[C@H](C)C[C@H](N(C)CCC3=CN([C@H](CF)[C@H](OC)c4ccc(-c5ccc(OCCCN(C)C)nc5)cc4)NN3)[C@H]2O)[C@](C)(O)C[C@@H](C)CN(C)[C@H](C)[C@@H](O)[C@]1(C)O. The number of alkyl halides is 1. The molecule has 0 radical (unpaired) electrons. The van der Waals surface area contributed by atoms with Crippen molar-refractivity contribution in [3.8, 4) is 17.0 Å². The molecule has 2 aromatic rings. The second-order valence-electron chi connectivity index (χ2n) is 25.1. The topological polar surface area (TPSA) is 242 Å². The third kappa shape index (κ3) is 16.9. The van der Waals surface area contributed by atoms with Crippen LogP contribution in [-0.4, -0.2) is 228 Å². The van der Waals surface area contributed by atoms with Gasteiger partial charge >= 0.3 is 5.97 Å². The third-order valence-electron chi connectivity index (χ3n) is 17.9. The summed E-state index contributed by atoms with van der Waals surface area (Å²) in [7, 11) is 10.9. The molecule has 0 bridgehead atoms. The van der Waals surface area contributed by atoms with E-state index in [9.17, 15) is 30.3 Å². The van der Waals surface area contributed by atoms with E-state index in [2.05, 4.69) is 20.8 Å². The Balaban J connectivity index is 1.20. The lowest BCUT2D eigenvalue weighted by Crippen LogP contribution is -2.61. The second-order valence-corrected chi connectivity index (χ2v) is 25.1. The number of methoxy groups -OCH3 is 2. The van der Waals surface area contributed by atoms with Crippen molar-refractivity contribution in [1.82, 2.24) is 35.7 Å². The fourth-order valence-electron chi connectivity index (χ4n) is 12.7. The van der Waals surface area contributed by atoms with Crippen LogP contribution in [0.5, 0.6) is 5.88 Å². The van der Waals surface area contributed by atoms with Gasteiger partial charge in [-0.05, 0) is 125 Å². The fraction of sp³-hybridized carbons (Fsp3) is 0.770. The van der Waals surface area contributed by atoms with Gasteiger partial charge in [0.25, 0.3) is 0 Å². The Hall–Kier alpha value is -3.69. The number of likely N-dealkylation sites (N-methyl/N-ethyl adjacent to an activating group) is 2. The summed E-state index contributed by atoms with van der Waals surface area (Å²) in [4.78, 5) is 25.1. The van der Waals surface area contributed by atoms with Gasteiger partial charge in [0.1, 0.15) is 48.8 Å². The number of carbonyl (C=O) groups is 1. The van der Waals surface area contributed by atoms with Crippen LogP contribution in [-0.2, 0) is 38.0 Å². The predicted molar refractivity (Wildman–Crippen MR) is 312 cm³/mol. The van der Waals surface area contributed by atoms with E-state index in [1.54, 1.807) is 59.9 Å². The molecule has 0 spiro atoms. The van der Waals surface area contributed by atoms with E-state index in [0.717, 1.165) is 35.4 Å². The molecular weight excluding hydrogens is 1070 g/mol. The molecule has 20 atom stereocenters. The lowest BCUT2D eigenvalue weighted by atomic mass is 9.77. The van der Waals surface area contributed by atoms with Crippen molar-refractivity contribution < 1.29 is 72.6 Å². The first-order valence-corrected chi connectivity index (χ1v) is 29.8. The maximum Gasteiger partial charge on any atom is 0.311 e. The molecule has 21 nitrogen and oxygen atoms in total. The van der Waals surface area contributed by atoms with E-state index < -0.39 is 127 Å². The molecule has 22 heteroatoms. The highest BCUT2D eigenvalue weighted by Crippen LogP contribution is 2.41. The van der Waals surface area contributed by atoms with Crippen LogP contribution in [0, 0.1) is 17.8 Å². The van der Waals surface area contributed by atoms with Crippen molar-refractivity contribution in [1.29, 1.82) is 0 Å². The summed E-state index contributed by atoms with van der Waals surface area (Å²) in [6, 6.07) is 9.84. The largest absolute Gasteiger partial charge is 0.478 e. The van der Waals surface area contributed by atoms with Crippen molar-refractivity contribution in [3.05, 3.63) is 60.1 Å². The molecule has 3 saturated heterocycles. The minimum Gasteiger partial charge on any atom is -0.478 e. The normalized spacial score (nSPS) is 37.1. The number of aromatic nitrogens is 1. The summed E-state index contributed by atoms with van der Waals surface area (Å²) in [6.45, 7) is 19.1. The first-order chi connectivity index (χ1) is 39.1. The van der Waals surface area contributed by atoms with Gasteiger partial charge in [0.2, 0.25) is 5.88 Å². The molecular formula is C61H102FN7O14. The predicted octanol–water partition coefficient (Wildman–Crippen LogP) is 4.95. The Labute approximate surface area is 493 Å². The average molecular weight is 1180 g/mol. The van der Waals surface area contributed by atoms with Crippen LogP contribution in [0.25, 0.3) is 11.1 Å². The van der Waals surface area contributed by atoms with E-state index in [4.69, 9.17) is 37.9 Å². The van der Waals surface area contributed by atoms with E-state index in [1.165, 1.54) is 14.0 Å². The highest BCUT2D eigenvalue weighted by Gasteiger charge is 2.53. The summed E-state index contributed by atoms with van der Waals surface area (Å²) in [6.07, 6.45) is -5.07. The molecule has 0 saturated carbocycles. The number of hydrogen-bond donors (Lipinski definition) is 7. The summed E-state index contributed by atoms with van der Waals surface area (Å²) in [5.74, 6) is -2.31. The van der Waals surface area contributed by atoms with Crippen LogP contribution in [0.4, 0.5) is 4.39 Å². The van der Waals surface area contributed by atoms with Gasteiger partial charge in [-0.3, -0.25) is 9.80 Å². The number of halogens is 1. The molecule has 5 heterocycles. The van der Waals surface area contributed by atoms with E-state index in [1.807, 2.05) is 101 Å². The average Bonchev–Trinajstić information content (AvgIpc) is 3.93. The molecule has 7 N–H and O–H groups in total. The number of ether oxygens (including phenoxy) is 8. The molecule has 1 aromatic carbocycles. The zero-order valence-corrected chi connectivity index (χ0v) is 52.2. The molecule has 6 rings (SSSR count). The van der Waals surface area contributed by atoms with Crippen molar-refractivity contribution in [2.75, 3.05) is 75.3 Å². The smallest absolute Gasteiger partial charge is 0.311 e. The minimum atomic E-state index is -1.86. The maximum atomic E-state index is 15.1. The Morgan fingerprint density at radius 3 is 2.22 bits per heavy atom. The van der Waals surface area contributed by atoms with Gasteiger partial charge in [-0.25, -0.2) is 9.37 Å². The maximum absolute atomic E-state index is 15.1. The van der Waals surface area contributed by atoms with Crippen molar-refractivity contribution >= 4 is 5.97 Å². The lowest BCUT2D eigenvalue weighted by Gasteiger charge is -2.49. The van der Waals surface area contributed by atoms with Gasteiger partial charge in [-0.15, -0.1) is 5.53 Å². The van der Waals surface area contributed by atoms with Gasteiger partial charge in [-0.2, -0.15) is 0 Å². The highest BCUT2D eigenvalue weighted by molar-refractivity contribution is 5.73. The number of nitrogens with zero attached hydrogens (tertiary/aromatic N) is 5. The van der Waals surface area contributed by atoms with Crippen LogP contribution < -0.4 is 15.7 Å². The fourth-order valence-corrected chi connectivity index (χ4v) is 12.7. The summed E-state index contributed by atoms with van der Waals surface area (Å²) in [5.41, 5.74) is 5.17. The molecule has 3 fully saturated rings. The Morgan fingerprint density at radius 1 is 0.916 bits per heavy atom. The van der Waals surface area contributed by atoms with Gasteiger partial charge in [-0.1, -0.05) is 45.0 Å². The van der Waals surface area contributed by atoms with Crippen LogP contribution in [0.15, 0.2) is 54.5 Å². The Kier molecular flexibility index (Phi) is 24.6. The molecule has 4 aliphatic rings. The molecule has 0 aliphatic carbocycles. The second kappa shape index (κ2) is 29.8. The van der Waals surface area contributed by atoms with E-state index in [0.29, 0.717) is 38.4 Å². The Bertz CT molecular complexity index is 2340. The monoisotopic (exact) mass is 1180 g/mol. The lowest BCUT2D eigenvalue weighted by molar-refractivity contribution is -0.318. The number of nitrogens with one attached hydrogen (secondary N) is 2. The van der Waals surface area contributed by atoms with E-state index in [-0.39, 0.29) is 25.2 Å². The van der Waals surface area contributed by atoms with Crippen LogP contribution in [0.2, 0.25) is 0 Å². The number of aliphatic hydroxyl groups is 5. The van der Waals surface area contributed by atoms with Gasteiger partial charge < -0.3 is 83.6 Å². The number of rotatable bonds is 21. The van der Waals surface area contributed by atoms with E-state index >= 15 is 4.39 Å². The molecule has 0 unspecified atom stereocenters. The number of hydrazine groups is 2. The molecule has 83 heavy (non-hydrogen) atoms. The van der Waals surface area contributed by atoms with Crippen LogP contribution in [0.1, 0.15) is 119 Å². The first kappa shape index (κ1) is 68.4. The van der Waals surface area contributed by atoms with Crippen molar-refractivity contribution in [3.63, 3.8) is 0 Å². The van der Waals surface area contributed by atoms with Gasteiger partial charge in [0.05, 0.1) is 48.1 Å². The van der Waals surface area contributed by atoms with Crippen LogP contribution in [0.3, 0.4) is 0 Å². The molecule has 1 aromatic heterocycles. The highest BCUT2D eigenvalue weighted by atomic mass is 19.1. The summed E-state index contributed by atoms with van der Waals surface area (Å²) in [5, 5.41) is 61.8. The number of cyclic esters (lactones) is 1. The number of hydrogen-bond acceptors (Lipinski definition) is 21. The number of esters is 1. The van der Waals surface area contributed by atoms with Crippen molar-refractivity contribution in [2.24, 2.45) is 17.8 Å². The zero-order valence-electron chi connectivity index (χ0n) is 52.2.